The minimum absolute atomic E-state index is 0.131. The van der Waals surface area contributed by atoms with Crippen molar-refractivity contribution in [2.75, 3.05) is 11.0 Å². The Morgan fingerprint density at radius 1 is 0.967 bits per heavy atom. The van der Waals surface area contributed by atoms with Gasteiger partial charge in [-0.15, -0.1) is 0 Å². The summed E-state index contributed by atoms with van der Waals surface area (Å²) in [6.07, 6.45) is -0.768. The summed E-state index contributed by atoms with van der Waals surface area (Å²) in [6.45, 7) is 0. The molecule has 0 saturated heterocycles. The van der Waals surface area contributed by atoms with Crippen LogP contribution >= 0.6 is 11.6 Å². The van der Waals surface area contributed by atoms with Crippen LogP contribution in [0.1, 0.15) is 5.56 Å². The minimum atomic E-state index is -4.71. The van der Waals surface area contributed by atoms with Crippen LogP contribution in [0.5, 0.6) is 0 Å². The zero-order chi connectivity index (χ0) is 22.3. The van der Waals surface area contributed by atoms with Crippen LogP contribution in [-0.2, 0) is 26.0 Å². The van der Waals surface area contributed by atoms with Gasteiger partial charge in [0.2, 0.25) is 0 Å². The van der Waals surface area contributed by atoms with Crippen molar-refractivity contribution in [3.8, 4) is 5.69 Å². The fourth-order valence-corrected chi connectivity index (χ4v) is 4.95. The molecule has 1 heterocycles. The summed E-state index contributed by atoms with van der Waals surface area (Å²) in [4.78, 5) is -0.884. The molecule has 0 radical (unpaired) electrons. The van der Waals surface area contributed by atoms with Gasteiger partial charge in [-0.1, -0.05) is 11.6 Å². The number of benzene rings is 2. The van der Waals surface area contributed by atoms with Gasteiger partial charge >= 0.3 is 6.18 Å². The maximum atomic E-state index is 13.2. The van der Waals surface area contributed by atoms with Gasteiger partial charge in [-0.3, -0.25) is 4.72 Å². The number of hydrogen-bond donors (Lipinski definition) is 1. The molecule has 1 aromatic heterocycles. The highest BCUT2D eigenvalue weighted by molar-refractivity contribution is 7.93. The number of sulfone groups is 1. The SMILES string of the molecule is CS(=O)(=O)c1ccc(Cl)c(S(=O)(=O)Nc2cc(C(F)(F)F)ccc2-n2cccc2)c1. The van der Waals surface area contributed by atoms with E-state index in [1.807, 2.05) is 0 Å². The highest BCUT2D eigenvalue weighted by Crippen LogP contribution is 2.35. The maximum absolute atomic E-state index is 13.2. The Balaban J connectivity index is 2.15. The van der Waals surface area contributed by atoms with E-state index in [9.17, 15) is 30.0 Å². The number of nitrogens with one attached hydrogen (secondary N) is 1. The fourth-order valence-electron chi connectivity index (χ4n) is 2.63. The van der Waals surface area contributed by atoms with Gasteiger partial charge in [-0.2, -0.15) is 13.2 Å². The van der Waals surface area contributed by atoms with Crippen LogP contribution in [0, 0.1) is 0 Å². The zero-order valence-corrected chi connectivity index (χ0v) is 17.6. The van der Waals surface area contributed by atoms with E-state index in [2.05, 4.69) is 4.72 Å². The van der Waals surface area contributed by atoms with Gasteiger partial charge in [0.1, 0.15) is 4.90 Å². The average molecular weight is 479 g/mol. The van der Waals surface area contributed by atoms with Crippen LogP contribution in [0.4, 0.5) is 18.9 Å². The smallest absolute Gasteiger partial charge is 0.322 e. The highest BCUT2D eigenvalue weighted by Gasteiger charge is 2.32. The van der Waals surface area contributed by atoms with Crippen LogP contribution < -0.4 is 4.72 Å². The molecule has 12 heteroatoms. The number of anilines is 1. The van der Waals surface area contributed by atoms with Crippen molar-refractivity contribution in [2.24, 2.45) is 0 Å². The van der Waals surface area contributed by atoms with Crippen molar-refractivity contribution < 1.29 is 30.0 Å². The number of rotatable bonds is 5. The lowest BCUT2D eigenvalue weighted by Crippen LogP contribution is -2.17. The molecule has 0 aliphatic heterocycles. The number of hydrogen-bond acceptors (Lipinski definition) is 4. The van der Waals surface area contributed by atoms with E-state index in [1.54, 1.807) is 12.1 Å². The first kappa shape index (κ1) is 22.2. The van der Waals surface area contributed by atoms with E-state index in [-0.39, 0.29) is 21.3 Å². The molecule has 0 fully saturated rings. The van der Waals surface area contributed by atoms with E-state index in [0.717, 1.165) is 36.6 Å². The Labute approximate surface area is 175 Å². The molecule has 0 aliphatic carbocycles. The minimum Gasteiger partial charge on any atom is -0.322 e. The Morgan fingerprint density at radius 2 is 1.60 bits per heavy atom. The Morgan fingerprint density at radius 3 is 2.17 bits per heavy atom. The second-order valence-electron chi connectivity index (χ2n) is 6.29. The number of alkyl halides is 3. The lowest BCUT2D eigenvalue weighted by Gasteiger charge is -2.17. The summed E-state index contributed by atoms with van der Waals surface area (Å²) in [6, 6.07) is 8.90. The second-order valence-corrected chi connectivity index (χ2v) is 10.4. The van der Waals surface area contributed by atoms with Crippen molar-refractivity contribution in [3.63, 3.8) is 0 Å². The van der Waals surface area contributed by atoms with Crippen molar-refractivity contribution in [2.45, 2.75) is 16.0 Å². The predicted molar refractivity (Wildman–Crippen MR) is 106 cm³/mol. The molecule has 0 amide bonds. The average Bonchev–Trinajstić information content (AvgIpc) is 3.14. The van der Waals surface area contributed by atoms with E-state index in [4.69, 9.17) is 11.6 Å². The Hall–Kier alpha value is -2.50. The van der Waals surface area contributed by atoms with Gasteiger partial charge in [0.25, 0.3) is 10.0 Å². The lowest BCUT2D eigenvalue weighted by molar-refractivity contribution is -0.137. The number of sulfonamides is 1. The molecule has 0 aliphatic rings. The van der Waals surface area contributed by atoms with Crippen molar-refractivity contribution >= 4 is 37.1 Å². The lowest BCUT2D eigenvalue weighted by atomic mass is 10.1. The first-order valence-electron chi connectivity index (χ1n) is 8.16. The molecule has 0 bridgehead atoms. The molecule has 160 valence electrons. The molecule has 3 aromatic rings. The first-order valence-corrected chi connectivity index (χ1v) is 11.9. The van der Waals surface area contributed by atoms with Crippen LogP contribution in [0.3, 0.4) is 0 Å². The van der Waals surface area contributed by atoms with Crippen LogP contribution in [0.25, 0.3) is 5.69 Å². The Kier molecular flexibility index (Phi) is 5.65. The van der Waals surface area contributed by atoms with E-state index < -0.39 is 36.5 Å². The van der Waals surface area contributed by atoms with E-state index in [0.29, 0.717) is 6.07 Å². The van der Waals surface area contributed by atoms with E-state index >= 15 is 0 Å². The van der Waals surface area contributed by atoms with Crippen molar-refractivity contribution in [1.82, 2.24) is 4.57 Å². The van der Waals surface area contributed by atoms with Crippen LogP contribution in [0.2, 0.25) is 5.02 Å². The monoisotopic (exact) mass is 478 g/mol. The van der Waals surface area contributed by atoms with Gasteiger partial charge in [-0.25, -0.2) is 16.8 Å². The maximum Gasteiger partial charge on any atom is 0.416 e. The second kappa shape index (κ2) is 7.64. The fraction of sp³-hybridized carbons (Fsp3) is 0.111. The van der Waals surface area contributed by atoms with Gasteiger partial charge < -0.3 is 4.57 Å². The molecule has 0 spiro atoms. The summed E-state index contributed by atoms with van der Waals surface area (Å²) in [5.41, 5.74) is -1.29. The highest BCUT2D eigenvalue weighted by atomic mass is 35.5. The topological polar surface area (TPSA) is 85.2 Å². The van der Waals surface area contributed by atoms with Gasteiger partial charge in [-0.05, 0) is 48.5 Å². The summed E-state index contributed by atoms with van der Waals surface area (Å²) < 4.78 is 92.4. The summed E-state index contributed by atoms with van der Waals surface area (Å²) in [5.74, 6) is 0. The van der Waals surface area contributed by atoms with Crippen molar-refractivity contribution in [3.05, 3.63) is 71.5 Å². The summed E-state index contributed by atoms with van der Waals surface area (Å²) in [5, 5.41) is -0.288. The van der Waals surface area contributed by atoms with Crippen LogP contribution in [0.15, 0.2) is 70.7 Å². The molecular formula is C18H14ClF3N2O4S2. The third-order valence-electron chi connectivity index (χ3n) is 4.07. The number of halogens is 4. The normalized spacial score (nSPS) is 12.7. The molecule has 0 saturated carbocycles. The van der Waals surface area contributed by atoms with E-state index in [1.165, 1.54) is 17.0 Å². The molecule has 0 atom stereocenters. The largest absolute Gasteiger partial charge is 0.416 e. The van der Waals surface area contributed by atoms with Crippen LogP contribution in [-0.4, -0.2) is 27.7 Å². The first-order chi connectivity index (χ1) is 13.8. The molecular weight excluding hydrogens is 465 g/mol. The third kappa shape index (κ3) is 4.63. The van der Waals surface area contributed by atoms with Gasteiger partial charge in [0, 0.05) is 18.6 Å². The summed E-state index contributed by atoms with van der Waals surface area (Å²) in [7, 11) is -8.28. The predicted octanol–water partition coefficient (Wildman–Crippen LogP) is 4.35. The number of nitrogens with zero attached hydrogens (tertiary/aromatic N) is 1. The summed E-state index contributed by atoms with van der Waals surface area (Å²) >= 11 is 5.94. The third-order valence-corrected chi connectivity index (χ3v) is 7.03. The quantitative estimate of drug-likeness (QED) is 0.590. The molecule has 6 nitrogen and oxygen atoms in total. The molecule has 2 aromatic carbocycles. The standard InChI is InChI=1S/C18H14ClF3N2O4S2/c1-29(25,26)13-5-6-14(19)17(11-13)30(27,28)23-15-10-12(18(20,21)22)4-7-16(15)24-8-2-3-9-24/h2-11,23H,1H3. The van der Waals surface area contributed by atoms with Crippen molar-refractivity contribution in [1.29, 1.82) is 0 Å². The van der Waals surface area contributed by atoms with Gasteiger partial charge in [0.05, 0.1) is 26.9 Å². The molecule has 30 heavy (non-hydrogen) atoms. The molecule has 1 N–H and O–H groups in total. The molecule has 3 rings (SSSR count). The zero-order valence-electron chi connectivity index (χ0n) is 15.2. The van der Waals surface area contributed by atoms with Gasteiger partial charge in [0.15, 0.2) is 9.84 Å². The number of aromatic nitrogens is 1. The Bertz CT molecular complexity index is 1300. The molecule has 0 unspecified atom stereocenters.